The molecule has 1 atom stereocenters. The predicted molar refractivity (Wildman–Crippen MR) is 200 cm³/mol. The van der Waals surface area contributed by atoms with Gasteiger partial charge in [0.25, 0.3) is 0 Å². The van der Waals surface area contributed by atoms with Gasteiger partial charge < -0.3 is 24.8 Å². The van der Waals surface area contributed by atoms with Crippen molar-refractivity contribution >= 4 is 35.2 Å². The maximum absolute atomic E-state index is 12.6. The molecule has 6 rings (SSSR count). The number of pyridine rings is 1. The minimum atomic E-state index is -0.869. The van der Waals surface area contributed by atoms with Gasteiger partial charge in [-0.2, -0.15) is 0 Å². The lowest BCUT2D eigenvalue weighted by Crippen LogP contribution is -2.60. The van der Waals surface area contributed by atoms with Crippen LogP contribution in [-0.4, -0.2) is 76.8 Å². The topological polar surface area (TPSA) is 104 Å². The summed E-state index contributed by atoms with van der Waals surface area (Å²) in [6.45, 7) is 9.59. The highest BCUT2D eigenvalue weighted by molar-refractivity contribution is 6.34. The summed E-state index contributed by atoms with van der Waals surface area (Å²) in [7, 11) is 0. The number of para-hydroxylation sites is 1. The third-order valence-corrected chi connectivity index (χ3v) is 11.0. The molecular formula is C40H50Cl2N4O5. The summed E-state index contributed by atoms with van der Waals surface area (Å²) in [6, 6.07) is 14.0. The lowest BCUT2D eigenvalue weighted by Gasteiger charge is -2.46. The molecule has 2 aromatic carbocycles. The zero-order valence-electron chi connectivity index (χ0n) is 29.9. The Bertz CT molecular complexity index is 1700. The molecule has 2 heterocycles. The van der Waals surface area contributed by atoms with E-state index in [2.05, 4.69) is 42.0 Å². The first kappa shape index (κ1) is 37.4. The minimum Gasteiger partial charge on any atom is -0.490 e. The number of piperazine rings is 1. The molecule has 2 amide bonds. The van der Waals surface area contributed by atoms with Gasteiger partial charge in [-0.3, -0.25) is 14.7 Å². The number of benzene rings is 2. The quantitative estimate of drug-likeness (QED) is 0.151. The van der Waals surface area contributed by atoms with Gasteiger partial charge >= 0.3 is 6.09 Å². The number of ether oxygens (including phenoxy) is 2. The van der Waals surface area contributed by atoms with E-state index in [1.807, 2.05) is 48.8 Å². The molecule has 11 heteroatoms. The number of aryl methyl sites for hydroxylation is 1. The molecule has 0 bridgehead atoms. The monoisotopic (exact) mass is 736 g/mol. The molecule has 3 aromatic rings. The van der Waals surface area contributed by atoms with E-state index in [0.29, 0.717) is 61.9 Å². The van der Waals surface area contributed by atoms with Gasteiger partial charge in [0.1, 0.15) is 5.75 Å². The molecule has 0 spiro atoms. The fourth-order valence-electron chi connectivity index (χ4n) is 6.96. The van der Waals surface area contributed by atoms with E-state index in [1.165, 1.54) is 0 Å². The molecule has 2 N–H and O–H groups in total. The standard InChI is InChI=1S/C40H50Cl2N4O5/c1-39(2,3)36-25-45(20-21-46(36)38(48)49)19-18-44-37(47)11-7-4-8-27-22-34(42)28(23-33(27)41)26-50-40(15-16-40)32-24-43-17-14-30(32)31-9-5-6-10-35(31)51-29-12-13-29/h5-6,9-10,14,17,22-24,29,36H,4,7-8,11-13,15-16,18-21,25-26H2,1-3H3,(H,44,47)(H,48,49). The Balaban J connectivity index is 0.959. The molecule has 1 unspecified atom stereocenters. The average molecular weight is 738 g/mol. The maximum atomic E-state index is 12.6. The van der Waals surface area contributed by atoms with Crippen molar-refractivity contribution in [2.75, 3.05) is 32.7 Å². The Morgan fingerprint density at radius 3 is 2.49 bits per heavy atom. The lowest BCUT2D eigenvalue weighted by molar-refractivity contribution is -0.121. The highest BCUT2D eigenvalue weighted by atomic mass is 35.5. The van der Waals surface area contributed by atoms with Crippen LogP contribution >= 0.6 is 23.2 Å². The zero-order valence-corrected chi connectivity index (χ0v) is 31.4. The van der Waals surface area contributed by atoms with Crippen LogP contribution in [0.5, 0.6) is 5.75 Å². The van der Waals surface area contributed by atoms with Gasteiger partial charge in [-0.15, -0.1) is 0 Å². The van der Waals surface area contributed by atoms with Gasteiger partial charge in [-0.25, -0.2) is 4.79 Å². The van der Waals surface area contributed by atoms with Gasteiger partial charge in [0, 0.05) is 72.7 Å². The fraction of sp³-hybridized carbons (Fsp3) is 0.525. The second-order valence-corrected chi connectivity index (χ2v) is 16.1. The average Bonchev–Trinajstić information content (AvgIpc) is 4.05. The van der Waals surface area contributed by atoms with Crippen molar-refractivity contribution < 1.29 is 24.2 Å². The Labute approximate surface area is 311 Å². The molecular weight excluding hydrogens is 687 g/mol. The Morgan fingerprint density at radius 1 is 1.02 bits per heavy atom. The number of aromatic nitrogens is 1. The molecule has 1 saturated heterocycles. The molecule has 3 aliphatic rings. The molecule has 51 heavy (non-hydrogen) atoms. The van der Waals surface area contributed by atoms with Crippen molar-refractivity contribution in [1.29, 1.82) is 0 Å². The second kappa shape index (κ2) is 16.1. The van der Waals surface area contributed by atoms with Crippen LogP contribution in [0.1, 0.15) is 82.4 Å². The third kappa shape index (κ3) is 9.55. The van der Waals surface area contributed by atoms with Crippen LogP contribution in [0.3, 0.4) is 0 Å². The van der Waals surface area contributed by atoms with Gasteiger partial charge in [-0.1, -0.05) is 62.2 Å². The van der Waals surface area contributed by atoms with Crippen LogP contribution in [0, 0.1) is 5.41 Å². The minimum absolute atomic E-state index is 0.0212. The summed E-state index contributed by atoms with van der Waals surface area (Å²) >= 11 is 13.5. The molecule has 9 nitrogen and oxygen atoms in total. The summed E-state index contributed by atoms with van der Waals surface area (Å²) in [5.74, 6) is 0.918. The predicted octanol–water partition coefficient (Wildman–Crippen LogP) is 8.34. The third-order valence-electron chi connectivity index (χ3n) is 10.3. The molecule has 274 valence electrons. The highest BCUT2D eigenvalue weighted by Crippen LogP contribution is 2.53. The number of carboxylic acid groups (broad SMARTS) is 1. The van der Waals surface area contributed by atoms with E-state index in [4.69, 9.17) is 32.7 Å². The van der Waals surface area contributed by atoms with Crippen molar-refractivity contribution in [1.82, 2.24) is 20.1 Å². The van der Waals surface area contributed by atoms with E-state index < -0.39 is 11.7 Å². The number of unbranched alkanes of at least 4 members (excludes halogenated alkanes) is 1. The number of hydrogen-bond acceptors (Lipinski definition) is 6. The highest BCUT2D eigenvalue weighted by Gasteiger charge is 2.48. The van der Waals surface area contributed by atoms with Gasteiger partial charge in [0.15, 0.2) is 0 Å². The Hall–Kier alpha value is -3.37. The number of carbonyl (C=O) groups is 2. The van der Waals surface area contributed by atoms with Gasteiger partial charge in [0.2, 0.25) is 5.91 Å². The summed E-state index contributed by atoms with van der Waals surface area (Å²) in [5, 5.41) is 13.9. The number of carbonyl (C=O) groups excluding carboxylic acids is 1. The zero-order chi connectivity index (χ0) is 36.2. The molecule has 2 saturated carbocycles. The van der Waals surface area contributed by atoms with Crippen LogP contribution in [0.2, 0.25) is 10.0 Å². The van der Waals surface area contributed by atoms with Crippen LogP contribution < -0.4 is 10.1 Å². The van der Waals surface area contributed by atoms with Gasteiger partial charge in [-0.05, 0) is 91.3 Å². The first-order valence-electron chi connectivity index (χ1n) is 18.2. The fourth-order valence-corrected chi connectivity index (χ4v) is 7.48. The number of halogens is 2. The summed E-state index contributed by atoms with van der Waals surface area (Å²) in [4.78, 5) is 32.5. The van der Waals surface area contributed by atoms with E-state index in [-0.39, 0.29) is 17.4 Å². The van der Waals surface area contributed by atoms with Crippen molar-refractivity contribution in [2.45, 2.75) is 96.5 Å². The number of nitrogens with one attached hydrogen (secondary N) is 1. The van der Waals surface area contributed by atoms with Crippen molar-refractivity contribution in [2.24, 2.45) is 5.41 Å². The van der Waals surface area contributed by atoms with Crippen molar-refractivity contribution in [3.05, 3.63) is 81.6 Å². The summed E-state index contributed by atoms with van der Waals surface area (Å²) < 4.78 is 12.9. The molecule has 0 radical (unpaired) electrons. The number of amides is 2. The molecule has 3 fully saturated rings. The smallest absolute Gasteiger partial charge is 0.407 e. The van der Waals surface area contributed by atoms with Crippen molar-refractivity contribution in [3.8, 4) is 16.9 Å². The summed E-state index contributed by atoms with van der Waals surface area (Å²) in [5.41, 5.74) is 4.41. The second-order valence-electron chi connectivity index (χ2n) is 15.3. The van der Waals surface area contributed by atoms with E-state index in [0.717, 1.165) is 78.5 Å². The molecule has 1 aliphatic heterocycles. The first-order valence-corrected chi connectivity index (χ1v) is 19.0. The lowest BCUT2D eigenvalue weighted by atomic mass is 9.84. The first-order chi connectivity index (χ1) is 24.4. The van der Waals surface area contributed by atoms with Crippen LogP contribution in [0.4, 0.5) is 4.79 Å². The summed E-state index contributed by atoms with van der Waals surface area (Å²) in [6.07, 6.45) is 9.87. The number of hydrogen-bond donors (Lipinski definition) is 2. The Kier molecular flexibility index (Phi) is 11.8. The van der Waals surface area contributed by atoms with Gasteiger partial charge in [0.05, 0.1) is 24.4 Å². The number of rotatable bonds is 15. The largest absolute Gasteiger partial charge is 0.490 e. The SMILES string of the molecule is CC(C)(C)C1CN(CCNC(=O)CCCCc2cc(Cl)c(COC3(c4cnccc4-c4ccccc4OC4CC4)CC3)cc2Cl)CCN1C(=O)O. The van der Waals surface area contributed by atoms with E-state index in [9.17, 15) is 14.7 Å². The number of nitrogens with zero attached hydrogens (tertiary/aromatic N) is 3. The molecule has 1 aromatic heterocycles. The van der Waals surface area contributed by atoms with Crippen LogP contribution in [0.25, 0.3) is 11.1 Å². The Morgan fingerprint density at radius 2 is 1.76 bits per heavy atom. The van der Waals surface area contributed by atoms with Crippen LogP contribution in [-0.2, 0) is 28.2 Å². The normalized spacial score (nSPS) is 18.8. The molecule has 2 aliphatic carbocycles. The van der Waals surface area contributed by atoms with Crippen molar-refractivity contribution in [3.63, 3.8) is 0 Å². The van der Waals surface area contributed by atoms with E-state index in [1.54, 1.807) is 4.90 Å². The van der Waals surface area contributed by atoms with Crippen LogP contribution in [0.15, 0.2) is 54.9 Å². The van der Waals surface area contributed by atoms with E-state index >= 15 is 0 Å². The maximum Gasteiger partial charge on any atom is 0.407 e.